The van der Waals surface area contributed by atoms with Crippen LogP contribution in [0.4, 0.5) is 0 Å². The molecule has 11 aromatic rings. The Morgan fingerprint density at radius 3 is 1.88 bits per heavy atom. The van der Waals surface area contributed by atoms with Crippen LogP contribution in [0.5, 0.6) is 0 Å². The maximum atomic E-state index is 9.61. The summed E-state index contributed by atoms with van der Waals surface area (Å²) < 4.78 is 4.76. The number of rotatable bonds is 6. The molecule has 0 saturated heterocycles. The predicted octanol–water partition coefficient (Wildman–Crippen LogP) is 12.9. The molecule has 7 aromatic carbocycles. The Balaban J connectivity index is 1.08. The number of nitrogens with zero attached hydrogens (tertiary/aromatic N) is 6. The van der Waals surface area contributed by atoms with Crippen LogP contribution in [0.25, 0.3) is 104 Å². The summed E-state index contributed by atoms with van der Waals surface area (Å²) >= 11 is 1.77. The quantitative estimate of drug-likeness (QED) is 0.169. The van der Waals surface area contributed by atoms with E-state index < -0.39 is 0 Å². The van der Waals surface area contributed by atoms with Gasteiger partial charge in [-0.25, -0.2) is 15.0 Å². The summed E-state index contributed by atoms with van der Waals surface area (Å²) in [5.74, 6) is 1.65. The monoisotopic (exact) mass is 758 g/mol. The topological polar surface area (TPSA) is 80.3 Å². The molecule has 0 spiro atoms. The zero-order valence-electron chi connectivity index (χ0n) is 30.9. The van der Waals surface area contributed by atoms with Gasteiger partial charge in [0.05, 0.1) is 27.4 Å². The number of thiophene rings is 1. The van der Waals surface area contributed by atoms with Crippen LogP contribution < -0.4 is 0 Å². The lowest BCUT2D eigenvalue weighted by atomic mass is 10.00. The van der Waals surface area contributed by atoms with Crippen LogP contribution in [0, 0.1) is 11.3 Å². The minimum atomic E-state index is 0.514. The molecule has 4 heterocycles. The zero-order chi connectivity index (χ0) is 38.6. The largest absolute Gasteiger partial charge is 0.309 e. The van der Waals surface area contributed by atoms with Crippen LogP contribution in [-0.4, -0.2) is 24.5 Å². The molecule has 0 bridgehead atoms. The summed E-state index contributed by atoms with van der Waals surface area (Å²) in [6, 6.07) is 60.9. The van der Waals surface area contributed by atoms with Gasteiger partial charge in [0.25, 0.3) is 0 Å². The molecule has 0 atom stereocenters. The van der Waals surface area contributed by atoms with Crippen molar-refractivity contribution in [2.75, 3.05) is 0 Å². The Labute approximate surface area is 337 Å². The minimum Gasteiger partial charge on any atom is -0.309 e. The first-order chi connectivity index (χ1) is 28.7. The molecule has 0 radical (unpaired) electrons. The lowest BCUT2D eigenvalue weighted by molar-refractivity contribution is 1.07. The second-order valence-electron chi connectivity index (χ2n) is 14.2. The fourth-order valence-electron chi connectivity index (χ4n) is 8.00. The van der Waals surface area contributed by atoms with Gasteiger partial charge in [-0.2, -0.15) is 5.26 Å². The standard InChI is InChI=1S/C51H30N6S/c52-30-32-10-9-15-38(26-32)51-55-49(35-13-5-2-6-14-35)54-50(56-51)36-20-18-34(19-21-36)42-28-39(29-44-41-24-25-53-31-47(41)58-48(42)44)57-45-17-8-7-16-40(45)43-27-37(22-23-46(43)57)33-11-3-1-4-12-33/h1-29,31H. The van der Waals surface area contributed by atoms with Crippen molar-refractivity contribution in [3.05, 3.63) is 188 Å². The maximum absolute atomic E-state index is 9.61. The number of nitriles is 1. The van der Waals surface area contributed by atoms with Crippen LogP contribution in [0.15, 0.2) is 182 Å². The van der Waals surface area contributed by atoms with Gasteiger partial charge in [0.2, 0.25) is 0 Å². The van der Waals surface area contributed by atoms with E-state index in [-0.39, 0.29) is 0 Å². The molecular formula is C51H30N6S. The molecule has 58 heavy (non-hydrogen) atoms. The van der Waals surface area contributed by atoms with Crippen molar-refractivity contribution in [1.29, 1.82) is 5.26 Å². The highest BCUT2D eigenvalue weighted by molar-refractivity contribution is 7.26. The Hall–Kier alpha value is -7.79. The molecule has 7 heteroatoms. The van der Waals surface area contributed by atoms with E-state index in [4.69, 9.17) is 15.0 Å². The summed E-state index contributed by atoms with van der Waals surface area (Å²) in [5.41, 5.74) is 11.1. The molecule has 4 aromatic heterocycles. The van der Waals surface area contributed by atoms with Crippen molar-refractivity contribution in [3.8, 4) is 68.2 Å². The molecule has 0 unspecified atom stereocenters. The normalized spacial score (nSPS) is 11.4. The Bertz CT molecular complexity index is 3400. The summed E-state index contributed by atoms with van der Waals surface area (Å²) in [6.45, 7) is 0. The molecular weight excluding hydrogens is 729 g/mol. The fourth-order valence-corrected chi connectivity index (χ4v) is 9.19. The van der Waals surface area contributed by atoms with Crippen molar-refractivity contribution in [2.24, 2.45) is 0 Å². The third kappa shape index (κ3) is 5.71. The van der Waals surface area contributed by atoms with Crippen LogP contribution in [0.2, 0.25) is 0 Å². The van der Waals surface area contributed by atoms with Gasteiger partial charge in [0.1, 0.15) is 0 Å². The minimum absolute atomic E-state index is 0.514. The van der Waals surface area contributed by atoms with E-state index in [1.165, 1.54) is 37.4 Å². The second kappa shape index (κ2) is 13.7. The number of para-hydroxylation sites is 1. The van der Waals surface area contributed by atoms with Crippen molar-refractivity contribution >= 4 is 53.3 Å². The Kier molecular flexibility index (Phi) is 7.95. The Morgan fingerprint density at radius 2 is 1.10 bits per heavy atom. The first-order valence-corrected chi connectivity index (χ1v) is 19.8. The third-order valence-electron chi connectivity index (χ3n) is 10.8. The molecule has 0 fully saturated rings. The van der Waals surface area contributed by atoms with Crippen molar-refractivity contribution in [1.82, 2.24) is 24.5 Å². The van der Waals surface area contributed by atoms with E-state index in [9.17, 15) is 5.26 Å². The maximum Gasteiger partial charge on any atom is 0.164 e. The molecule has 0 aliphatic rings. The van der Waals surface area contributed by atoms with E-state index in [0.29, 0.717) is 23.0 Å². The first-order valence-electron chi connectivity index (χ1n) is 19.0. The van der Waals surface area contributed by atoms with Crippen LogP contribution in [-0.2, 0) is 0 Å². The van der Waals surface area contributed by atoms with E-state index in [2.05, 4.69) is 131 Å². The molecule has 6 nitrogen and oxygen atoms in total. The number of fused-ring (bicyclic) bond motifs is 6. The number of hydrogen-bond donors (Lipinski definition) is 0. The summed E-state index contributed by atoms with van der Waals surface area (Å²) in [4.78, 5) is 19.2. The highest BCUT2D eigenvalue weighted by Crippen LogP contribution is 2.43. The molecule has 0 aliphatic heterocycles. The van der Waals surface area contributed by atoms with Crippen molar-refractivity contribution in [2.45, 2.75) is 0 Å². The van der Waals surface area contributed by atoms with Gasteiger partial charge in [-0.15, -0.1) is 11.3 Å². The summed E-state index contributed by atoms with van der Waals surface area (Å²) in [7, 11) is 0. The van der Waals surface area contributed by atoms with Gasteiger partial charge >= 0.3 is 0 Å². The van der Waals surface area contributed by atoms with Crippen LogP contribution in [0.1, 0.15) is 5.56 Å². The Morgan fingerprint density at radius 1 is 0.466 bits per heavy atom. The van der Waals surface area contributed by atoms with Crippen LogP contribution >= 0.6 is 11.3 Å². The smallest absolute Gasteiger partial charge is 0.164 e. The average molecular weight is 759 g/mol. The van der Waals surface area contributed by atoms with Gasteiger partial charge in [-0.3, -0.25) is 4.98 Å². The SMILES string of the molecule is N#Cc1cccc(-c2nc(-c3ccccc3)nc(-c3ccc(-c4cc(-n5c6ccccc6c6cc(-c7ccccc7)ccc65)cc5c4sc4cnccc45)cc3)n2)c1. The molecule has 11 rings (SSSR count). The van der Waals surface area contributed by atoms with Crippen molar-refractivity contribution < 1.29 is 0 Å². The van der Waals surface area contributed by atoms with Gasteiger partial charge in [-0.1, -0.05) is 121 Å². The number of aromatic nitrogens is 5. The molecule has 0 aliphatic carbocycles. The number of benzene rings is 7. The van der Waals surface area contributed by atoms with Gasteiger partial charge in [-0.05, 0) is 65.2 Å². The lowest BCUT2D eigenvalue weighted by Gasteiger charge is -2.13. The van der Waals surface area contributed by atoms with E-state index in [1.54, 1.807) is 17.4 Å². The molecule has 0 amide bonds. The summed E-state index contributed by atoms with van der Waals surface area (Å²) in [6.07, 6.45) is 3.84. The molecule has 270 valence electrons. The van der Waals surface area contributed by atoms with Crippen LogP contribution in [0.3, 0.4) is 0 Å². The number of hydrogen-bond acceptors (Lipinski definition) is 6. The number of pyridine rings is 1. The second-order valence-corrected chi connectivity index (χ2v) is 15.3. The van der Waals surface area contributed by atoms with E-state index in [0.717, 1.165) is 49.2 Å². The van der Waals surface area contributed by atoms with Crippen molar-refractivity contribution in [3.63, 3.8) is 0 Å². The fraction of sp³-hybridized carbons (Fsp3) is 0. The first kappa shape index (κ1) is 33.5. The average Bonchev–Trinajstić information content (AvgIpc) is 3.85. The molecule has 0 saturated carbocycles. The molecule has 0 N–H and O–H groups in total. The van der Waals surface area contributed by atoms with E-state index >= 15 is 0 Å². The van der Waals surface area contributed by atoms with E-state index in [1.807, 2.05) is 60.9 Å². The van der Waals surface area contributed by atoms with Gasteiger partial charge in [0, 0.05) is 66.6 Å². The van der Waals surface area contributed by atoms with Gasteiger partial charge in [0.15, 0.2) is 17.5 Å². The predicted molar refractivity (Wildman–Crippen MR) is 237 cm³/mol. The lowest BCUT2D eigenvalue weighted by Crippen LogP contribution is -2.00. The highest BCUT2D eigenvalue weighted by atomic mass is 32.1. The third-order valence-corrected chi connectivity index (χ3v) is 12.0. The zero-order valence-corrected chi connectivity index (χ0v) is 31.7. The summed E-state index contributed by atoms with van der Waals surface area (Å²) in [5, 5.41) is 14.4. The van der Waals surface area contributed by atoms with Gasteiger partial charge < -0.3 is 4.57 Å². The highest BCUT2D eigenvalue weighted by Gasteiger charge is 2.19.